The van der Waals surface area contributed by atoms with Crippen LogP contribution in [0.5, 0.6) is 5.88 Å². The number of anilines is 1. The van der Waals surface area contributed by atoms with Gasteiger partial charge in [0.2, 0.25) is 15.9 Å². The molecule has 0 radical (unpaired) electrons. The number of fused-ring (bicyclic) bond motifs is 1. The molecule has 0 unspecified atom stereocenters. The van der Waals surface area contributed by atoms with E-state index < -0.39 is 15.8 Å². The van der Waals surface area contributed by atoms with E-state index in [9.17, 15) is 13.2 Å². The first-order chi connectivity index (χ1) is 19.7. The monoisotopic (exact) mass is 576 g/mol. The van der Waals surface area contributed by atoms with Gasteiger partial charge in [-0.1, -0.05) is 6.07 Å². The third-order valence-corrected chi connectivity index (χ3v) is 8.35. The van der Waals surface area contributed by atoms with Crippen LogP contribution < -0.4 is 15.6 Å². The van der Waals surface area contributed by atoms with E-state index in [2.05, 4.69) is 15.0 Å². The molecule has 0 aliphatic carbocycles. The minimum atomic E-state index is -4.06. The van der Waals surface area contributed by atoms with Crippen LogP contribution in [0, 0.1) is 0 Å². The van der Waals surface area contributed by atoms with Crippen LogP contribution in [0.15, 0.2) is 59.8 Å². The summed E-state index contributed by atoms with van der Waals surface area (Å²) in [6.45, 7) is 2.12. The van der Waals surface area contributed by atoms with Gasteiger partial charge in [-0.3, -0.25) is 9.78 Å². The van der Waals surface area contributed by atoms with Crippen LogP contribution >= 0.6 is 0 Å². The highest BCUT2D eigenvalue weighted by Crippen LogP contribution is 2.36. The lowest BCUT2D eigenvalue weighted by Crippen LogP contribution is -2.47. The second-order valence-corrected chi connectivity index (χ2v) is 11.4. The van der Waals surface area contributed by atoms with Gasteiger partial charge >= 0.3 is 0 Å². The molecule has 4 aromatic rings. The molecule has 1 spiro atoms. The largest absolute Gasteiger partial charge is 0.481 e. The molecule has 5 heterocycles. The molecule has 1 aromatic carbocycles. The van der Waals surface area contributed by atoms with Crippen molar-refractivity contribution in [2.45, 2.75) is 23.5 Å². The van der Waals surface area contributed by atoms with E-state index in [0.717, 1.165) is 5.56 Å². The van der Waals surface area contributed by atoms with Gasteiger partial charge in [-0.15, -0.1) is 0 Å². The Morgan fingerprint density at radius 1 is 1.05 bits per heavy atom. The zero-order valence-electron chi connectivity index (χ0n) is 22.2. The van der Waals surface area contributed by atoms with E-state index in [1.165, 1.54) is 25.4 Å². The van der Waals surface area contributed by atoms with Gasteiger partial charge < -0.3 is 24.8 Å². The van der Waals surface area contributed by atoms with Crippen molar-refractivity contribution in [3.63, 3.8) is 0 Å². The van der Waals surface area contributed by atoms with Gasteiger partial charge in [0, 0.05) is 49.3 Å². The Kier molecular flexibility index (Phi) is 6.82. The lowest BCUT2D eigenvalue weighted by Gasteiger charge is -2.37. The number of benzene rings is 1. The zero-order chi connectivity index (χ0) is 28.8. The van der Waals surface area contributed by atoms with Crippen molar-refractivity contribution < 1.29 is 27.4 Å². The first kappa shape index (κ1) is 27.0. The molecular weight excluding hydrogens is 548 g/mol. The standard InChI is InChI=1S/C28H28N6O6S/c1-38-26-20(24-23(41(30,36)37)3-2-8-31-24)15-19(16-32-26)17-4-5-22-18(13-17)14-21(25(29)33-22)27(35)34-9-6-28(7-10-34)39-11-12-40-28/h2-5,8,13-16H,6-7,9-12H2,1H3,(H2,29,33)(H2,30,36,37). The van der Waals surface area contributed by atoms with Crippen molar-refractivity contribution >= 4 is 32.7 Å². The van der Waals surface area contributed by atoms with Crippen molar-refractivity contribution in [2.75, 3.05) is 39.1 Å². The van der Waals surface area contributed by atoms with E-state index in [0.29, 0.717) is 66.7 Å². The second kappa shape index (κ2) is 10.3. The molecular formula is C28H28N6O6S. The van der Waals surface area contributed by atoms with Crippen LogP contribution in [0.3, 0.4) is 0 Å². The molecule has 212 valence electrons. The number of piperidine rings is 1. The summed E-state index contributed by atoms with van der Waals surface area (Å²) >= 11 is 0. The lowest BCUT2D eigenvalue weighted by molar-refractivity contribution is -0.181. The maximum absolute atomic E-state index is 13.4. The van der Waals surface area contributed by atoms with E-state index in [-0.39, 0.29) is 28.2 Å². The molecule has 3 aromatic heterocycles. The van der Waals surface area contributed by atoms with E-state index in [1.54, 1.807) is 29.3 Å². The normalized spacial score (nSPS) is 16.8. The molecule has 0 bridgehead atoms. The van der Waals surface area contributed by atoms with Crippen molar-refractivity contribution in [3.8, 4) is 28.3 Å². The molecule has 13 heteroatoms. The molecule has 12 nitrogen and oxygen atoms in total. The minimum Gasteiger partial charge on any atom is -0.481 e. The van der Waals surface area contributed by atoms with E-state index in [4.69, 9.17) is 25.1 Å². The number of amides is 1. The van der Waals surface area contributed by atoms with Crippen molar-refractivity contribution in [1.82, 2.24) is 19.9 Å². The molecule has 0 saturated carbocycles. The maximum atomic E-state index is 13.4. The lowest BCUT2D eigenvalue weighted by atomic mass is 10.00. The number of hydrogen-bond acceptors (Lipinski definition) is 10. The van der Waals surface area contributed by atoms with Crippen molar-refractivity contribution in [2.24, 2.45) is 5.14 Å². The summed E-state index contributed by atoms with van der Waals surface area (Å²) in [5.74, 6) is -0.441. The average Bonchev–Trinajstić information content (AvgIpc) is 3.43. The summed E-state index contributed by atoms with van der Waals surface area (Å²) in [6, 6.07) is 11.9. The number of nitrogens with zero attached hydrogens (tertiary/aromatic N) is 4. The molecule has 2 aliphatic rings. The smallest absolute Gasteiger partial charge is 0.257 e. The number of carbonyl (C=O) groups excluding carboxylic acids is 1. The Hall–Kier alpha value is -4.17. The van der Waals surface area contributed by atoms with Crippen LogP contribution in [-0.2, 0) is 19.5 Å². The summed E-state index contributed by atoms with van der Waals surface area (Å²) in [7, 11) is -2.63. The highest BCUT2D eigenvalue weighted by atomic mass is 32.2. The van der Waals surface area contributed by atoms with Crippen molar-refractivity contribution in [1.29, 1.82) is 0 Å². The Balaban J connectivity index is 1.35. The summed E-state index contributed by atoms with van der Waals surface area (Å²) in [5.41, 5.74) is 9.07. The van der Waals surface area contributed by atoms with Crippen LogP contribution in [0.1, 0.15) is 23.2 Å². The fourth-order valence-corrected chi connectivity index (χ4v) is 6.01. The maximum Gasteiger partial charge on any atom is 0.257 e. The molecule has 41 heavy (non-hydrogen) atoms. The number of methoxy groups -OCH3 is 1. The highest BCUT2D eigenvalue weighted by molar-refractivity contribution is 7.89. The molecule has 1 amide bonds. The first-order valence-corrected chi connectivity index (χ1v) is 14.5. The topological polar surface area (TPSA) is 173 Å². The quantitative estimate of drug-likeness (QED) is 0.359. The Labute approximate surface area is 236 Å². The number of sulfonamides is 1. The van der Waals surface area contributed by atoms with Gasteiger partial charge in [-0.2, -0.15) is 0 Å². The number of likely N-dealkylation sites (tertiary alicyclic amines) is 1. The zero-order valence-corrected chi connectivity index (χ0v) is 23.1. The third-order valence-electron chi connectivity index (χ3n) is 7.41. The molecule has 2 saturated heterocycles. The Morgan fingerprint density at radius 3 is 2.51 bits per heavy atom. The van der Waals surface area contributed by atoms with Crippen LogP contribution in [0.25, 0.3) is 33.3 Å². The summed E-state index contributed by atoms with van der Waals surface area (Å²) in [4.78, 5) is 28.2. The van der Waals surface area contributed by atoms with Gasteiger partial charge in [0.1, 0.15) is 10.7 Å². The number of pyridine rings is 3. The fourth-order valence-electron chi connectivity index (χ4n) is 5.31. The predicted molar refractivity (Wildman–Crippen MR) is 150 cm³/mol. The van der Waals surface area contributed by atoms with Crippen LogP contribution in [0.2, 0.25) is 0 Å². The molecule has 2 aliphatic heterocycles. The minimum absolute atomic E-state index is 0.126. The van der Waals surface area contributed by atoms with Gasteiger partial charge in [0.05, 0.1) is 42.7 Å². The number of carbonyl (C=O) groups is 1. The van der Waals surface area contributed by atoms with E-state index >= 15 is 0 Å². The number of rotatable bonds is 5. The number of nitrogen functional groups attached to an aromatic ring is 1. The van der Waals surface area contributed by atoms with Gasteiger partial charge in [0.15, 0.2) is 5.79 Å². The SMILES string of the molecule is COc1ncc(-c2ccc3nc(N)c(C(=O)N4CCC5(CC4)OCCO5)cc3c2)cc1-c1ncccc1S(N)(=O)=O. The highest BCUT2D eigenvalue weighted by Gasteiger charge is 2.41. The van der Waals surface area contributed by atoms with Crippen LogP contribution in [-0.4, -0.2) is 73.4 Å². The predicted octanol–water partition coefficient (Wildman–Crippen LogP) is 2.58. The molecule has 2 fully saturated rings. The second-order valence-electron chi connectivity index (χ2n) is 9.90. The first-order valence-electron chi connectivity index (χ1n) is 13.0. The van der Waals surface area contributed by atoms with E-state index in [1.807, 2.05) is 12.1 Å². The Morgan fingerprint density at radius 2 is 1.80 bits per heavy atom. The van der Waals surface area contributed by atoms with Crippen molar-refractivity contribution in [3.05, 3.63) is 60.4 Å². The summed E-state index contributed by atoms with van der Waals surface area (Å²) in [5, 5.41) is 6.15. The average molecular weight is 577 g/mol. The number of hydrogen-bond donors (Lipinski definition) is 2. The molecule has 0 atom stereocenters. The fraction of sp³-hybridized carbons (Fsp3) is 0.286. The number of primary sulfonamides is 1. The van der Waals surface area contributed by atoms with Crippen LogP contribution in [0.4, 0.5) is 5.82 Å². The number of ether oxygens (including phenoxy) is 3. The Bertz CT molecular complexity index is 1760. The number of aromatic nitrogens is 3. The van der Waals surface area contributed by atoms with Gasteiger partial charge in [0.25, 0.3) is 5.91 Å². The number of nitrogens with two attached hydrogens (primary N) is 2. The molecule has 4 N–H and O–H groups in total. The summed E-state index contributed by atoms with van der Waals surface area (Å²) in [6.07, 6.45) is 4.27. The summed E-state index contributed by atoms with van der Waals surface area (Å²) < 4.78 is 41.4. The van der Waals surface area contributed by atoms with Gasteiger partial charge in [-0.25, -0.2) is 23.5 Å². The van der Waals surface area contributed by atoms with Gasteiger partial charge in [-0.05, 0) is 42.0 Å². The third kappa shape index (κ3) is 5.08. The molecule has 6 rings (SSSR count).